The summed E-state index contributed by atoms with van der Waals surface area (Å²) in [6.07, 6.45) is 1.29. The maximum absolute atomic E-state index is 13.5. The van der Waals surface area contributed by atoms with Gasteiger partial charge in [0.05, 0.1) is 12.1 Å². The van der Waals surface area contributed by atoms with Gasteiger partial charge in [-0.15, -0.1) is 5.10 Å². The highest BCUT2D eigenvalue weighted by molar-refractivity contribution is 9.10. The molecule has 3 aromatic carbocycles. The van der Waals surface area contributed by atoms with Crippen LogP contribution in [0.25, 0.3) is 0 Å². The van der Waals surface area contributed by atoms with Crippen LogP contribution >= 0.6 is 15.9 Å². The van der Waals surface area contributed by atoms with Gasteiger partial charge in [-0.25, -0.2) is 4.79 Å². The number of carbonyl (C=O) groups is 2. The summed E-state index contributed by atoms with van der Waals surface area (Å²) in [4.78, 5) is 27.5. The van der Waals surface area contributed by atoms with Gasteiger partial charge in [0.15, 0.2) is 0 Å². The Bertz CT molecular complexity index is 1520. The Morgan fingerprint density at radius 3 is 2.31 bits per heavy atom. The van der Waals surface area contributed by atoms with E-state index in [-0.39, 0.29) is 22.7 Å². The number of H-pyrrole nitrogens is 1. The molecule has 0 bridgehead atoms. The molecule has 0 aliphatic heterocycles. The Balaban J connectivity index is 1.38. The molecule has 1 aliphatic carbocycles. The van der Waals surface area contributed by atoms with Crippen molar-refractivity contribution >= 4 is 45.2 Å². The molecule has 3 N–H and O–H groups in total. The zero-order valence-corrected chi connectivity index (χ0v) is 23.9. The summed E-state index contributed by atoms with van der Waals surface area (Å²) in [5, 5.41) is 18.1. The molecule has 0 saturated heterocycles. The van der Waals surface area contributed by atoms with Crippen molar-refractivity contribution < 1.29 is 22.8 Å². The van der Waals surface area contributed by atoms with Crippen molar-refractivity contribution in [2.24, 2.45) is 0 Å². The fourth-order valence-corrected chi connectivity index (χ4v) is 5.46. The van der Waals surface area contributed by atoms with Gasteiger partial charge in [0.2, 0.25) is 0 Å². The van der Waals surface area contributed by atoms with E-state index in [9.17, 15) is 22.8 Å². The number of nitrogens with zero attached hydrogens (tertiary/aromatic N) is 4. The van der Waals surface area contributed by atoms with E-state index in [0.717, 1.165) is 18.9 Å². The number of alkyl halides is 3. The highest BCUT2D eigenvalue weighted by Crippen LogP contribution is 2.37. The summed E-state index contributed by atoms with van der Waals surface area (Å²) >= 11 is 2.93. The third-order valence-corrected chi connectivity index (χ3v) is 7.87. The quantitative estimate of drug-likeness (QED) is 0.193. The average Bonchev–Trinajstić information content (AvgIpc) is 3.50. The maximum atomic E-state index is 13.5. The van der Waals surface area contributed by atoms with E-state index in [0.29, 0.717) is 22.7 Å². The Morgan fingerprint density at radius 1 is 0.952 bits per heavy atom. The first-order chi connectivity index (χ1) is 20.2. The lowest BCUT2D eigenvalue weighted by molar-refractivity contribution is -0.138. The molecule has 42 heavy (non-hydrogen) atoms. The predicted octanol–water partition coefficient (Wildman–Crippen LogP) is 7.52. The van der Waals surface area contributed by atoms with Gasteiger partial charge in [0, 0.05) is 21.4 Å². The van der Waals surface area contributed by atoms with Crippen LogP contribution < -0.4 is 15.5 Å². The lowest BCUT2D eigenvalue weighted by Crippen LogP contribution is -2.34. The zero-order chi connectivity index (χ0) is 29.7. The Labute approximate surface area is 248 Å². The molecule has 13 heteroatoms. The molecule has 218 valence electrons. The highest BCUT2D eigenvalue weighted by atomic mass is 79.9. The van der Waals surface area contributed by atoms with Crippen molar-refractivity contribution in [3.05, 3.63) is 93.5 Å². The number of anilines is 3. The summed E-state index contributed by atoms with van der Waals surface area (Å²) < 4.78 is 40.3. The van der Waals surface area contributed by atoms with E-state index in [1.807, 2.05) is 24.3 Å². The fraction of sp³-hybridized carbons (Fsp3) is 0.276. The molecule has 1 fully saturated rings. The topological polar surface area (TPSA) is 116 Å². The molecule has 0 atom stereocenters. The number of halogens is 4. The highest BCUT2D eigenvalue weighted by Gasteiger charge is 2.33. The van der Waals surface area contributed by atoms with Gasteiger partial charge in [-0.3, -0.25) is 15.0 Å². The SMILES string of the molecule is O=C(Nc1nn[nH]n1)c1ccc(CN(C(=O)Nc2ccc(Br)c(C(F)(F)F)c2)c2ccc(C3CCCCC3)cc2)cc1. The van der Waals surface area contributed by atoms with E-state index in [1.54, 1.807) is 24.3 Å². The number of aromatic nitrogens is 4. The van der Waals surface area contributed by atoms with Crippen LogP contribution in [-0.4, -0.2) is 32.6 Å². The van der Waals surface area contributed by atoms with E-state index in [4.69, 9.17) is 0 Å². The third kappa shape index (κ3) is 7.14. The molecule has 1 aromatic heterocycles. The molecule has 1 saturated carbocycles. The van der Waals surface area contributed by atoms with Crippen molar-refractivity contribution in [3.8, 4) is 0 Å². The molecule has 1 aliphatic rings. The lowest BCUT2D eigenvalue weighted by Gasteiger charge is -2.26. The molecular formula is C29H27BrF3N7O2. The van der Waals surface area contributed by atoms with Crippen LogP contribution in [0.3, 0.4) is 0 Å². The fourth-order valence-electron chi connectivity index (χ4n) is 4.99. The number of urea groups is 1. The maximum Gasteiger partial charge on any atom is 0.417 e. The monoisotopic (exact) mass is 641 g/mol. The number of rotatable bonds is 7. The smallest absolute Gasteiger partial charge is 0.308 e. The second kappa shape index (κ2) is 12.7. The Morgan fingerprint density at radius 2 is 1.67 bits per heavy atom. The van der Waals surface area contributed by atoms with Crippen molar-refractivity contribution in [2.75, 3.05) is 15.5 Å². The van der Waals surface area contributed by atoms with Crippen LogP contribution in [0.2, 0.25) is 0 Å². The summed E-state index contributed by atoms with van der Waals surface area (Å²) in [5.74, 6) is 0.0709. The van der Waals surface area contributed by atoms with E-state index in [2.05, 4.69) is 47.2 Å². The molecule has 9 nitrogen and oxygen atoms in total. The van der Waals surface area contributed by atoms with Crippen molar-refractivity contribution in [1.82, 2.24) is 20.6 Å². The average molecular weight is 642 g/mol. The first-order valence-electron chi connectivity index (χ1n) is 13.4. The summed E-state index contributed by atoms with van der Waals surface area (Å²) in [6, 6.07) is 17.3. The van der Waals surface area contributed by atoms with Gasteiger partial charge in [-0.1, -0.05) is 64.6 Å². The number of benzene rings is 3. The largest absolute Gasteiger partial charge is 0.417 e. The standard InChI is InChI=1S/C29H27BrF3N7O2/c30-25-15-12-22(16-24(25)29(31,32)33)34-28(42)40(23-13-10-20(11-14-23)19-4-2-1-3-5-19)17-18-6-8-21(9-7-18)26(41)35-27-36-38-39-37-27/h6-16,19H,1-5,17H2,(H,34,42)(H2,35,36,37,38,39,41). The molecule has 3 amide bonds. The van der Waals surface area contributed by atoms with E-state index in [1.165, 1.54) is 41.9 Å². The Hall–Kier alpha value is -4.26. The molecule has 0 radical (unpaired) electrons. The van der Waals surface area contributed by atoms with Crippen LogP contribution in [-0.2, 0) is 12.7 Å². The molecule has 5 rings (SSSR count). The summed E-state index contributed by atoms with van der Waals surface area (Å²) in [6.45, 7) is 0.101. The summed E-state index contributed by atoms with van der Waals surface area (Å²) in [5.41, 5.74) is 1.94. The van der Waals surface area contributed by atoms with Crippen LogP contribution in [0, 0.1) is 0 Å². The molecule has 4 aromatic rings. The number of tetrazole rings is 1. The van der Waals surface area contributed by atoms with Crippen molar-refractivity contribution in [3.63, 3.8) is 0 Å². The van der Waals surface area contributed by atoms with Gasteiger partial charge in [-0.2, -0.15) is 18.4 Å². The van der Waals surface area contributed by atoms with Gasteiger partial charge in [0.1, 0.15) is 0 Å². The van der Waals surface area contributed by atoms with E-state index >= 15 is 0 Å². The van der Waals surface area contributed by atoms with Gasteiger partial charge in [0.25, 0.3) is 11.9 Å². The zero-order valence-electron chi connectivity index (χ0n) is 22.3. The van der Waals surface area contributed by atoms with E-state index < -0.39 is 23.7 Å². The third-order valence-electron chi connectivity index (χ3n) is 7.18. The van der Waals surface area contributed by atoms with Gasteiger partial charge in [-0.05, 0) is 77.6 Å². The minimum atomic E-state index is -4.59. The Kier molecular flexibility index (Phi) is 8.86. The van der Waals surface area contributed by atoms with Crippen LogP contribution in [0.5, 0.6) is 0 Å². The van der Waals surface area contributed by atoms with Gasteiger partial charge < -0.3 is 5.32 Å². The second-order valence-electron chi connectivity index (χ2n) is 10.0. The number of nitrogens with one attached hydrogen (secondary N) is 3. The van der Waals surface area contributed by atoms with Gasteiger partial charge >= 0.3 is 12.2 Å². The molecule has 0 unspecified atom stereocenters. The molecular weight excluding hydrogens is 615 g/mol. The molecule has 1 heterocycles. The predicted molar refractivity (Wildman–Crippen MR) is 155 cm³/mol. The number of aromatic amines is 1. The number of hydrogen-bond acceptors (Lipinski definition) is 5. The minimum absolute atomic E-state index is 0.00725. The second-order valence-corrected chi connectivity index (χ2v) is 10.9. The van der Waals surface area contributed by atoms with Crippen LogP contribution in [0.15, 0.2) is 71.2 Å². The van der Waals surface area contributed by atoms with Crippen molar-refractivity contribution in [1.29, 1.82) is 0 Å². The number of hydrogen-bond donors (Lipinski definition) is 3. The minimum Gasteiger partial charge on any atom is -0.308 e. The van der Waals surface area contributed by atoms with Crippen LogP contribution in [0.1, 0.15) is 65.1 Å². The van der Waals surface area contributed by atoms with Crippen LogP contribution in [0.4, 0.5) is 35.3 Å². The van der Waals surface area contributed by atoms with Crippen molar-refractivity contribution in [2.45, 2.75) is 50.7 Å². The normalized spacial score (nSPS) is 13.9. The first-order valence-corrected chi connectivity index (χ1v) is 14.2. The number of carbonyl (C=O) groups excluding carboxylic acids is 2. The lowest BCUT2D eigenvalue weighted by atomic mass is 9.84. The molecule has 0 spiro atoms. The first kappa shape index (κ1) is 29.2. The number of amides is 3. The summed E-state index contributed by atoms with van der Waals surface area (Å²) in [7, 11) is 0.